The summed E-state index contributed by atoms with van der Waals surface area (Å²) in [6.45, 7) is 2.91. The van der Waals surface area contributed by atoms with Crippen molar-refractivity contribution < 1.29 is 18.4 Å². The molecule has 108 valence electrons. The fourth-order valence-electron chi connectivity index (χ4n) is 1.98. The zero-order valence-electron chi connectivity index (χ0n) is 11.9. The molecule has 0 amide bonds. The molecule has 1 heterocycles. The van der Waals surface area contributed by atoms with Gasteiger partial charge in [-0.25, -0.2) is 4.39 Å². The Morgan fingerprint density at radius 2 is 1.80 bits per heavy atom. The molecule has 1 aromatic carbocycles. The van der Waals surface area contributed by atoms with Crippen molar-refractivity contribution in [3.63, 3.8) is 0 Å². The molecule has 2 aromatic rings. The van der Waals surface area contributed by atoms with Gasteiger partial charge in [0.2, 0.25) is 5.88 Å². The van der Waals surface area contributed by atoms with E-state index in [-0.39, 0.29) is 5.88 Å². The lowest BCUT2D eigenvalue weighted by atomic mass is 9.95. The number of methoxy groups -OCH3 is 2. The predicted molar refractivity (Wildman–Crippen MR) is 73.6 cm³/mol. The van der Waals surface area contributed by atoms with Gasteiger partial charge in [0.25, 0.3) is 0 Å². The lowest BCUT2D eigenvalue weighted by molar-refractivity contribution is 0.213. The quantitative estimate of drug-likeness (QED) is 0.931. The van der Waals surface area contributed by atoms with Crippen molar-refractivity contribution in [1.82, 2.24) is 5.16 Å². The fraction of sp³-hybridized carbons (Fsp3) is 0.357. The van der Waals surface area contributed by atoms with Crippen LogP contribution in [0.1, 0.15) is 19.4 Å². The van der Waals surface area contributed by atoms with Crippen LogP contribution < -0.4 is 15.2 Å². The van der Waals surface area contributed by atoms with Gasteiger partial charge in [-0.2, -0.15) is 0 Å². The highest BCUT2D eigenvalue weighted by molar-refractivity contribution is 5.71. The minimum absolute atomic E-state index is 0.180. The Bertz CT molecular complexity index is 617. The van der Waals surface area contributed by atoms with Gasteiger partial charge in [-0.05, 0) is 19.9 Å². The van der Waals surface area contributed by atoms with E-state index in [1.54, 1.807) is 18.2 Å². The van der Waals surface area contributed by atoms with E-state index in [9.17, 15) is 4.39 Å². The van der Waals surface area contributed by atoms with E-state index in [4.69, 9.17) is 19.7 Å². The van der Waals surface area contributed by atoms with E-state index in [1.165, 1.54) is 28.1 Å². The van der Waals surface area contributed by atoms with Gasteiger partial charge in [-0.1, -0.05) is 5.16 Å². The highest BCUT2D eigenvalue weighted by atomic mass is 19.1. The Morgan fingerprint density at radius 1 is 1.15 bits per heavy atom. The van der Waals surface area contributed by atoms with Gasteiger partial charge in [0.1, 0.15) is 22.9 Å². The van der Waals surface area contributed by atoms with Gasteiger partial charge in [0.05, 0.1) is 14.2 Å². The summed E-state index contributed by atoms with van der Waals surface area (Å²) in [5, 5.41) is 3.83. The zero-order chi connectivity index (χ0) is 14.9. The molecule has 2 rings (SSSR count). The molecule has 0 unspecified atom stereocenters. The first kappa shape index (κ1) is 14.2. The Morgan fingerprint density at radius 3 is 2.25 bits per heavy atom. The van der Waals surface area contributed by atoms with Crippen molar-refractivity contribution in [3.05, 3.63) is 23.8 Å². The molecule has 20 heavy (non-hydrogen) atoms. The van der Waals surface area contributed by atoms with Gasteiger partial charge in [0, 0.05) is 23.3 Å². The number of anilines is 1. The molecule has 0 aliphatic carbocycles. The summed E-state index contributed by atoms with van der Waals surface area (Å²) >= 11 is 0. The van der Waals surface area contributed by atoms with E-state index in [1.807, 2.05) is 0 Å². The number of ether oxygens (including phenoxy) is 2. The maximum Gasteiger partial charge on any atom is 0.222 e. The van der Waals surface area contributed by atoms with Crippen LogP contribution in [0.3, 0.4) is 0 Å². The highest BCUT2D eigenvalue weighted by Gasteiger charge is 2.26. The molecule has 2 N–H and O–H groups in total. The van der Waals surface area contributed by atoms with Crippen LogP contribution in [0.2, 0.25) is 0 Å². The molecule has 1 aromatic heterocycles. The molecular weight excluding hydrogens is 263 g/mol. The fourth-order valence-corrected chi connectivity index (χ4v) is 1.98. The summed E-state index contributed by atoms with van der Waals surface area (Å²) in [6.07, 6.45) is 0. The van der Waals surface area contributed by atoms with Crippen LogP contribution in [0.5, 0.6) is 11.5 Å². The third-order valence-corrected chi connectivity index (χ3v) is 2.97. The maximum atomic E-state index is 14.3. The Kier molecular flexibility index (Phi) is 3.57. The van der Waals surface area contributed by atoms with Crippen LogP contribution in [0.15, 0.2) is 22.7 Å². The molecular formula is C14H17FN2O3. The van der Waals surface area contributed by atoms with Crippen molar-refractivity contribution in [2.75, 3.05) is 20.0 Å². The highest BCUT2D eigenvalue weighted by Crippen LogP contribution is 2.41. The van der Waals surface area contributed by atoms with Crippen LogP contribution in [0.4, 0.5) is 10.3 Å². The third kappa shape index (κ3) is 2.54. The normalized spacial score (nSPS) is 11.4. The number of hydrogen-bond donors (Lipinski definition) is 1. The van der Waals surface area contributed by atoms with E-state index >= 15 is 0 Å². The summed E-state index contributed by atoms with van der Waals surface area (Å²) in [5.41, 5.74) is 5.42. The van der Waals surface area contributed by atoms with Gasteiger partial charge < -0.3 is 19.7 Å². The molecule has 0 spiro atoms. The smallest absolute Gasteiger partial charge is 0.222 e. The number of hydrogen-bond acceptors (Lipinski definition) is 5. The number of nitrogen functional groups attached to an aromatic ring is 1. The number of nitrogens with two attached hydrogens (primary N) is 1. The first-order valence-corrected chi connectivity index (χ1v) is 6.04. The van der Waals surface area contributed by atoms with Crippen molar-refractivity contribution >= 4 is 5.88 Å². The Balaban J connectivity index is 2.67. The second-order valence-corrected chi connectivity index (χ2v) is 4.84. The lowest BCUT2D eigenvalue weighted by Gasteiger charge is -2.20. The van der Waals surface area contributed by atoms with Crippen molar-refractivity contribution in [3.8, 4) is 22.8 Å². The molecule has 0 radical (unpaired) electrons. The van der Waals surface area contributed by atoms with Gasteiger partial charge >= 0.3 is 0 Å². The Labute approximate surface area is 116 Å². The number of nitrogens with zero attached hydrogens (tertiary/aromatic N) is 1. The number of aromatic nitrogens is 1. The van der Waals surface area contributed by atoms with Crippen LogP contribution >= 0.6 is 0 Å². The van der Waals surface area contributed by atoms with Crippen molar-refractivity contribution in [2.24, 2.45) is 0 Å². The lowest BCUT2D eigenvalue weighted by Crippen LogP contribution is -2.11. The van der Waals surface area contributed by atoms with Gasteiger partial charge in [0.15, 0.2) is 0 Å². The number of alkyl halides is 1. The predicted octanol–water partition coefficient (Wildman–Crippen LogP) is 3.15. The van der Waals surface area contributed by atoms with E-state index in [2.05, 4.69) is 5.16 Å². The van der Waals surface area contributed by atoms with Crippen LogP contribution in [-0.2, 0) is 5.67 Å². The average Bonchev–Trinajstić information content (AvgIpc) is 2.82. The van der Waals surface area contributed by atoms with E-state index in [0.29, 0.717) is 28.3 Å². The Hall–Kier alpha value is -2.24. The molecule has 0 bridgehead atoms. The van der Waals surface area contributed by atoms with Crippen LogP contribution in [0.25, 0.3) is 11.3 Å². The maximum absolute atomic E-state index is 14.3. The minimum Gasteiger partial charge on any atom is -0.496 e. The second kappa shape index (κ2) is 5.03. The topological polar surface area (TPSA) is 70.5 Å². The molecule has 0 aliphatic rings. The summed E-state index contributed by atoms with van der Waals surface area (Å²) in [5.74, 6) is 1.09. The molecule has 0 aliphatic heterocycles. The SMILES string of the molecule is COc1cc(OC)c(C(C)(C)F)cc1-c1cc(N)on1. The minimum atomic E-state index is -1.57. The first-order valence-electron chi connectivity index (χ1n) is 6.04. The van der Waals surface area contributed by atoms with Crippen molar-refractivity contribution in [1.29, 1.82) is 0 Å². The second-order valence-electron chi connectivity index (χ2n) is 4.84. The molecule has 0 atom stereocenters. The first-order chi connectivity index (χ1) is 9.36. The molecule has 6 heteroatoms. The summed E-state index contributed by atoms with van der Waals surface area (Å²) < 4.78 is 29.7. The summed E-state index contributed by atoms with van der Waals surface area (Å²) in [4.78, 5) is 0. The summed E-state index contributed by atoms with van der Waals surface area (Å²) in [6, 6.07) is 4.81. The zero-order valence-corrected chi connectivity index (χ0v) is 11.9. The third-order valence-electron chi connectivity index (χ3n) is 2.97. The standard InChI is InChI=1S/C14H17FN2O3/c1-14(2,15)9-5-8(10-6-13(16)20-17-10)11(18-3)7-12(9)19-4/h5-7H,16H2,1-4H3. The number of halogens is 1. The van der Waals surface area contributed by atoms with Crippen molar-refractivity contribution in [2.45, 2.75) is 19.5 Å². The average molecular weight is 280 g/mol. The molecule has 0 saturated carbocycles. The van der Waals surface area contributed by atoms with E-state index < -0.39 is 5.67 Å². The van der Waals surface area contributed by atoms with E-state index in [0.717, 1.165) is 0 Å². The molecule has 0 saturated heterocycles. The van der Waals surface area contributed by atoms with Gasteiger partial charge in [-0.15, -0.1) is 0 Å². The summed E-state index contributed by atoms with van der Waals surface area (Å²) in [7, 11) is 3.00. The number of rotatable bonds is 4. The number of benzene rings is 1. The molecule has 5 nitrogen and oxygen atoms in total. The van der Waals surface area contributed by atoms with Crippen LogP contribution in [-0.4, -0.2) is 19.4 Å². The molecule has 0 fully saturated rings. The largest absolute Gasteiger partial charge is 0.496 e. The van der Waals surface area contributed by atoms with Gasteiger partial charge in [-0.3, -0.25) is 0 Å². The van der Waals surface area contributed by atoms with Crippen LogP contribution in [0, 0.1) is 0 Å². The monoisotopic (exact) mass is 280 g/mol.